The molecule has 6 heteroatoms. The van der Waals surface area contributed by atoms with Crippen LogP contribution in [-0.2, 0) is 4.79 Å². The highest BCUT2D eigenvalue weighted by atomic mass is 19.1. The average Bonchev–Trinajstić information content (AvgIpc) is 2.70. The zero-order valence-corrected chi connectivity index (χ0v) is 12.4. The number of hydrogen-bond acceptors (Lipinski definition) is 3. The summed E-state index contributed by atoms with van der Waals surface area (Å²) in [7, 11) is 0. The molecule has 0 atom stereocenters. The van der Waals surface area contributed by atoms with Crippen molar-refractivity contribution in [3.8, 4) is 0 Å². The molecule has 22 heavy (non-hydrogen) atoms. The minimum absolute atomic E-state index is 0.0884. The lowest BCUT2D eigenvalue weighted by molar-refractivity contribution is -0.136. The third-order valence-electron chi connectivity index (χ3n) is 4.30. The van der Waals surface area contributed by atoms with Gasteiger partial charge in [-0.1, -0.05) is 6.07 Å². The molecule has 1 aromatic rings. The van der Waals surface area contributed by atoms with Crippen molar-refractivity contribution in [1.29, 1.82) is 0 Å². The number of carbonyl (C=O) groups is 2. The van der Waals surface area contributed by atoms with Crippen molar-refractivity contribution in [2.24, 2.45) is 5.92 Å². The Kier molecular flexibility index (Phi) is 4.38. The fourth-order valence-electron chi connectivity index (χ4n) is 2.87. The van der Waals surface area contributed by atoms with Crippen LogP contribution in [0.3, 0.4) is 0 Å². The molecule has 1 N–H and O–H groups in total. The molecule has 0 radical (unpaired) electrons. The number of benzene rings is 1. The molecule has 1 aromatic carbocycles. The lowest BCUT2D eigenvalue weighted by Crippen LogP contribution is -2.52. The molecule has 2 saturated heterocycles. The molecule has 0 bridgehead atoms. The summed E-state index contributed by atoms with van der Waals surface area (Å²) in [6.07, 6.45) is 0.757. The van der Waals surface area contributed by atoms with Gasteiger partial charge >= 0.3 is 0 Å². The summed E-state index contributed by atoms with van der Waals surface area (Å²) in [5.74, 6) is -0.307. The second-order valence-electron chi connectivity index (χ2n) is 5.84. The largest absolute Gasteiger partial charge is 0.341 e. The van der Waals surface area contributed by atoms with Crippen molar-refractivity contribution in [2.75, 3.05) is 39.3 Å². The lowest BCUT2D eigenvalue weighted by atomic mass is 10.0. The zero-order chi connectivity index (χ0) is 15.5. The Balaban J connectivity index is 1.62. The van der Waals surface area contributed by atoms with Crippen molar-refractivity contribution in [3.63, 3.8) is 0 Å². The van der Waals surface area contributed by atoms with Crippen molar-refractivity contribution in [3.05, 3.63) is 35.6 Å². The summed E-state index contributed by atoms with van der Waals surface area (Å²) in [6, 6.07) is 5.75. The van der Waals surface area contributed by atoms with Crippen LogP contribution < -0.4 is 5.32 Å². The van der Waals surface area contributed by atoms with E-state index in [0.29, 0.717) is 31.7 Å². The summed E-state index contributed by atoms with van der Waals surface area (Å²) in [5.41, 5.74) is 0.364. The summed E-state index contributed by atoms with van der Waals surface area (Å²) >= 11 is 0. The van der Waals surface area contributed by atoms with E-state index in [-0.39, 0.29) is 17.7 Å². The molecule has 2 aliphatic rings. The third-order valence-corrected chi connectivity index (χ3v) is 4.30. The second-order valence-corrected chi connectivity index (χ2v) is 5.84. The molecule has 0 saturated carbocycles. The Morgan fingerprint density at radius 3 is 2.50 bits per heavy atom. The van der Waals surface area contributed by atoms with Gasteiger partial charge in [-0.25, -0.2) is 4.39 Å². The molecule has 2 heterocycles. The summed E-state index contributed by atoms with van der Waals surface area (Å²) in [4.78, 5) is 28.2. The average molecular weight is 305 g/mol. The minimum atomic E-state index is -0.407. The fraction of sp³-hybridized carbons (Fsp3) is 0.500. The molecule has 0 aliphatic carbocycles. The summed E-state index contributed by atoms with van der Waals surface area (Å²) in [6.45, 7) is 3.84. The highest BCUT2D eigenvalue weighted by Gasteiger charge is 2.30. The number of carbonyl (C=O) groups excluding carboxylic acids is 2. The Hall–Kier alpha value is -1.95. The van der Waals surface area contributed by atoms with E-state index < -0.39 is 5.82 Å². The lowest BCUT2D eigenvalue weighted by Gasteiger charge is -2.31. The van der Waals surface area contributed by atoms with Gasteiger partial charge in [0.1, 0.15) is 5.82 Å². The van der Waals surface area contributed by atoms with Crippen LogP contribution in [0.25, 0.3) is 0 Å². The standard InChI is InChI=1S/C16H20FN3O2/c17-14-4-1-3-12(9-14)15(21)19-5-2-6-20(8-7-19)16(22)13-10-18-11-13/h1,3-4,9,13,18H,2,5-8,10-11H2. The van der Waals surface area contributed by atoms with E-state index in [0.717, 1.165) is 19.5 Å². The molecule has 3 rings (SSSR count). The SMILES string of the molecule is O=C(c1cccc(F)c1)N1CCCN(C(=O)C2CNC2)CC1. The zero-order valence-electron chi connectivity index (χ0n) is 12.4. The van der Waals surface area contributed by atoms with Gasteiger partial charge < -0.3 is 15.1 Å². The molecule has 0 aromatic heterocycles. The van der Waals surface area contributed by atoms with E-state index in [1.54, 1.807) is 17.0 Å². The van der Waals surface area contributed by atoms with Crippen molar-refractivity contribution in [2.45, 2.75) is 6.42 Å². The maximum atomic E-state index is 13.2. The second kappa shape index (κ2) is 6.44. The molecule has 0 unspecified atom stereocenters. The van der Waals surface area contributed by atoms with E-state index in [2.05, 4.69) is 5.32 Å². The quantitative estimate of drug-likeness (QED) is 0.876. The van der Waals surface area contributed by atoms with E-state index in [1.165, 1.54) is 12.1 Å². The number of nitrogens with zero attached hydrogens (tertiary/aromatic N) is 2. The van der Waals surface area contributed by atoms with E-state index in [4.69, 9.17) is 0 Å². The van der Waals surface area contributed by atoms with Gasteiger partial charge in [0.25, 0.3) is 5.91 Å². The summed E-state index contributed by atoms with van der Waals surface area (Å²) in [5, 5.41) is 3.10. The van der Waals surface area contributed by atoms with E-state index >= 15 is 0 Å². The molecule has 2 amide bonds. The van der Waals surface area contributed by atoms with Crippen molar-refractivity contribution in [1.82, 2.24) is 15.1 Å². The van der Waals surface area contributed by atoms with Crippen LogP contribution in [0.5, 0.6) is 0 Å². The Labute approximate surface area is 129 Å². The monoisotopic (exact) mass is 305 g/mol. The van der Waals surface area contributed by atoms with Gasteiger partial charge in [0.05, 0.1) is 5.92 Å². The number of halogens is 1. The normalized spacial score (nSPS) is 19.5. The first kappa shape index (κ1) is 15.0. The van der Waals surface area contributed by atoms with Crippen LogP contribution >= 0.6 is 0 Å². The van der Waals surface area contributed by atoms with E-state index in [1.807, 2.05) is 4.90 Å². The van der Waals surface area contributed by atoms with E-state index in [9.17, 15) is 14.0 Å². The first-order chi connectivity index (χ1) is 10.6. The third kappa shape index (κ3) is 3.11. The molecule has 5 nitrogen and oxygen atoms in total. The van der Waals surface area contributed by atoms with Crippen LogP contribution in [0.2, 0.25) is 0 Å². The number of rotatable bonds is 2. The Bertz CT molecular complexity index is 574. The Morgan fingerprint density at radius 2 is 1.82 bits per heavy atom. The van der Waals surface area contributed by atoms with Crippen LogP contribution in [0.1, 0.15) is 16.8 Å². The van der Waals surface area contributed by atoms with Crippen molar-refractivity contribution >= 4 is 11.8 Å². The molecule has 2 fully saturated rings. The molecular weight excluding hydrogens is 285 g/mol. The van der Waals surface area contributed by atoms with Crippen LogP contribution in [0.15, 0.2) is 24.3 Å². The number of amides is 2. The molecule has 118 valence electrons. The molecular formula is C16H20FN3O2. The maximum absolute atomic E-state index is 13.2. The predicted octanol–water partition coefficient (Wildman–Crippen LogP) is 0.720. The molecule has 2 aliphatic heterocycles. The summed E-state index contributed by atoms with van der Waals surface area (Å²) < 4.78 is 13.2. The predicted molar refractivity (Wildman–Crippen MR) is 79.9 cm³/mol. The highest BCUT2D eigenvalue weighted by Crippen LogP contribution is 2.14. The van der Waals surface area contributed by atoms with Gasteiger partial charge in [-0.3, -0.25) is 9.59 Å². The van der Waals surface area contributed by atoms with Crippen LogP contribution in [0, 0.1) is 11.7 Å². The first-order valence-corrected chi connectivity index (χ1v) is 7.69. The fourth-order valence-corrected chi connectivity index (χ4v) is 2.87. The van der Waals surface area contributed by atoms with Gasteiger partial charge in [0, 0.05) is 44.8 Å². The Morgan fingerprint density at radius 1 is 1.09 bits per heavy atom. The number of hydrogen-bond donors (Lipinski definition) is 1. The maximum Gasteiger partial charge on any atom is 0.254 e. The highest BCUT2D eigenvalue weighted by molar-refractivity contribution is 5.94. The topological polar surface area (TPSA) is 52.7 Å². The molecule has 0 spiro atoms. The smallest absolute Gasteiger partial charge is 0.254 e. The van der Waals surface area contributed by atoms with Gasteiger partial charge in [-0.2, -0.15) is 0 Å². The van der Waals surface area contributed by atoms with Gasteiger partial charge in [-0.05, 0) is 24.6 Å². The first-order valence-electron chi connectivity index (χ1n) is 7.69. The van der Waals surface area contributed by atoms with Crippen LogP contribution in [-0.4, -0.2) is 60.9 Å². The number of nitrogens with one attached hydrogen (secondary N) is 1. The van der Waals surface area contributed by atoms with Crippen LogP contribution in [0.4, 0.5) is 4.39 Å². The van der Waals surface area contributed by atoms with Gasteiger partial charge in [0.15, 0.2) is 0 Å². The van der Waals surface area contributed by atoms with Gasteiger partial charge in [-0.15, -0.1) is 0 Å². The minimum Gasteiger partial charge on any atom is -0.341 e. The van der Waals surface area contributed by atoms with Gasteiger partial charge in [0.2, 0.25) is 5.91 Å². The van der Waals surface area contributed by atoms with Crippen molar-refractivity contribution < 1.29 is 14.0 Å².